The number of aliphatic hydroxyl groups is 1. The first-order valence-electron chi connectivity index (χ1n) is 6.42. The average Bonchev–Trinajstić information content (AvgIpc) is 2.65. The van der Waals surface area contributed by atoms with Crippen molar-refractivity contribution in [2.24, 2.45) is 11.7 Å². The van der Waals surface area contributed by atoms with E-state index in [1.165, 1.54) is 0 Å². The van der Waals surface area contributed by atoms with Crippen molar-refractivity contribution >= 4 is 0 Å². The van der Waals surface area contributed by atoms with Gasteiger partial charge in [0.1, 0.15) is 0 Å². The van der Waals surface area contributed by atoms with E-state index in [2.05, 4.69) is 0 Å². The first-order valence-corrected chi connectivity index (χ1v) is 6.42. The summed E-state index contributed by atoms with van der Waals surface area (Å²) in [5.41, 5.74) is 5.56. The molecule has 0 aromatic rings. The van der Waals surface area contributed by atoms with Crippen LogP contribution in [0.4, 0.5) is 13.2 Å². The van der Waals surface area contributed by atoms with Crippen molar-refractivity contribution in [1.29, 1.82) is 0 Å². The van der Waals surface area contributed by atoms with Crippen LogP contribution in [0, 0.1) is 5.92 Å². The van der Waals surface area contributed by atoms with Crippen LogP contribution in [-0.2, 0) is 0 Å². The third-order valence-corrected chi connectivity index (χ3v) is 3.94. The molecule has 1 saturated carbocycles. The molecule has 108 valence electrons. The minimum atomic E-state index is -4.09. The lowest BCUT2D eigenvalue weighted by atomic mass is 9.86. The van der Waals surface area contributed by atoms with Gasteiger partial charge in [-0.3, -0.25) is 0 Å². The largest absolute Gasteiger partial charge is 0.394 e. The maximum Gasteiger partial charge on any atom is 0.390 e. The Morgan fingerprint density at radius 3 is 2.61 bits per heavy atom. The Morgan fingerprint density at radius 1 is 1.39 bits per heavy atom. The molecule has 0 aliphatic heterocycles. The molecule has 1 fully saturated rings. The van der Waals surface area contributed by atoms with Crippen LogP contribution in [0.5, 0.6) is 0 Å². The van der Waals surface area contributed by atoms with Crippen LogP contribution >= 0.6 is 0 Å². The van der Waals surface area contributed by atoms with Gasteiger partial charge in [-0.25, -0.2) is 0 Å². The highest BCUT2D eigenvalue weighted by Crippen LogP contribution is 2.35. The maximum absolute atomic E-state index is 12.1. The summed E-state index contributed by atoms with van der Waals surface area (Å²) in [4.78, 5) is 1.68. The summed E-state index contributed by atoms with van der Waals surface area (Å²) in [6.07, 6.45) is -1.35. The van der Waals surface area contributed by atoms with Crippen molar-refractivity contribution in [2.75, 3.05) is 26.7 Å². The van der Waals surface area contributed by atoms with Gasteiger partial charge in [0.25, 0.3) is 0 Å². The lowest BCUT2D eigenvalue weighted by Crippen LogP contribution is -2.47. The molecule has 0 bridgehead atoms. The third-order valence-electron chi connectivity index (χ3n) is 3.94. The molecule has 0 radical (unpaired) electrons. The number of hydrogen-bond donors (Lipinski definition) is 2. The Bertz CT molecular complexity index is 260. The van der Waals surface area contributed by atoms with Gasteiger partial charge < -0.3 is 15.7 Å². The maximum atomic E-state index is 12.1. The second-order valence-electron chi connectivity index (χ2n) is 5.44. The minimum Gasteiger partial charge on any atom is -0.394 e. The van der Waals surface area contributed by atoms with E-state index in [0.29, 0.717) is 6.54 Å². The molecule has 2 unspecified atom stereocenters. The quantitative estimate of drug-likeness (QED) is 0.771. The van der Waals surface area contributed by atoms with Crippen molar-refractivity contribution in [3.63, 3.8) is 0 Å². The smallest absolute Gasteiger partial charge is 0.390 e. The number of aliphatic hydroxyl groups excluding tert-OH is 1. The van der Waals surface area contributed by atoms with Gasteiger partial charge in [0, 0.05) is 12.1 Å². The molecule has 0 amide bonds. The van der Waals surface area contributed by atoms with Gasteiger partial charge in [0.15, 0.2) is 0 Å². The van der Waals surface area contributed by atoms with E-state index in [0.717, 1.165) is 25.7 Å². The van der Waals surface area contributed by atoms with Crippen molar-refractivity contribution in [3.8, 4) is 0 Å². The fourth-order valence-electron chi connectivity index (χ4n) is 2.61. The first kappa shape index (κ1) is 15.7. The van der Waals surface area contributed by atoms with E-state index in [-0.39, 0.29) is 19.1 Å². The molecule has 3 N–H and O–H groups in total. The predicted octanol–water partition coefficient (Wildman–Crippen LogP) is 1.75. The second-order valence-corrected chi connectivity index (χ2v) is 5.44. The molecular formula is C12H23F3N2O. The number of alkyl halides is 3. The lowest BCUT2D eigenvalue weighted by molar-refractivity contribution is -0.137. The summed E-state index contributed by atoms with van der Waals surface area (Å²) in [5.74, 6) is 0.218. The number of nitrogens with zero attached hydrogens (tertiary/aromatic N) is 1. The molecule has 0 heterocycles. The van der Waals surface area contributed by atoms with Crippen LogP contribution in [0.15, 0.2) is 0 Å². The lowest BCUT2D eigenvalue weighted by Gasteiger charge is -2.30. The molecule has 6 heteroatoms. The zero-order valence-electron chi connectivity index (χ0n) is 10.8. The molecule has 0 saturated heterocycles. The van der Waals surface area contributed by atoms with Gasteiger partial charge >= 0.3 is 6.18 Å². The predicted molar refractivity (Wildman–Crippen MR) is 64.1 cm³/mol. The van der Waals surface area contributed by atoms with Crippen LogP contribution in [0.1, 0.15) is 32.1 Å². The molecule has 0 spiro atoms. The Morgan fingerprint density at radius 2 is 2.06 bits per heavy atom. The molecule has 18 heavy (non-hydrogen) atoms. The minimum absolute atomic E-state index is 0.0208. The normalized spacial score (nSPS) is 29.2. The summed E-state index contributed by atoms with van der Waals surface area (Å²) in [6, 6.07) is 0. The Kier molecular flexibility index (Phi) is 5.43. The van der Waals surface area contributed by atoms with E-state index in [1.54, 1.807) is 11.9 Å². The SMILES string of the molecule is CN(CCC1CCCC1(N)CO)CCC(F)(F)F. The highest BCUT2D eigenvalue weighted by molar-refractivity contribution is 4.96. The molecule has 1 aliphatic carbocycles. The van der Waals surface area contributed by atoms with Crippen molar-refractivity contribution in [3.05, 3.63) is 0 Å². The van der Waals surface area contributed by atoms with Crippen molar-refractivity contribution in [1.82, 2.24) is 4.90 Å². The summed E-state index contributed by atoms with van der Waals surface area (Å²) < 4.78 is 36.2. The zero-order valence-corrected chi connectivity index (χ0v) is 10.8. The Labute approximate surface area is 106 Å². The molecule has 2 atom stereocenters. The molecule has 3 nitrogen and oxygen atoms in total. The van der Waals surface area contributed by atoms with Crippen LogP contribution in [0.25, 0.3) is 0 Å². The monoisotopic (exact) mass is 268 g/mol. The number of nitrogens with two attached hydrogens (primary N) is 1. The first-order chi connectivity index (χ1) is 8.27. The van der Waals surface area contributed by atoms with Gasteiger partial charge in [-0.2, -0.15) is 13.2 Å². The number of hydrogen-bond acceptors (Lipinski definition) is 3. The van der Waals surface area contributed by atoms with Crippen LogP contribution in [0.2, 0.25) is 0 Å². The fraction of sp³-hybridized carbons (Fsp3) is 1.00. The number of rotatable bonds is 6. The molecule has 1 rings (SSSR count). The van der Waals surface area contributed by atoms with Gasteiger partial charge in [-0.1, -0.05) is 6.42 Å². The van der Waals surface area contributed by atoms with E-state index in [4.69, 9.17) is 5.73 Å². The van der Waals surface area contributed by atoms with Gasteiger partial charge in [0.05, 0.1) is 13.0 Å². The molecule has 0 aromatic heterocycles. The van der Waals surface area contributed by atoms with Gasteiger partial charge in [-0.05, 0) is 38.8 Å². The summed E-state index contributed by atoms with van der Waals surface area (Å²) >= 11 is 0. The summed E-state index contributed by atoms with van der Waals surface area (Å²) in [5, 5.41) is 9.28. The van der Waals surface area contributed by atoms with E-state index < -0.39 is 18.1 Å². The summed E-state index contributed by atoms with van der Waals surface area (Å²) in [7, 11) is 1.69. The molecule has 1 aliphatic rings. The third kappa shape index (κ3) is 4.74. The summed E-state index contributed by atoms with van der Waals surface area (Å²) in [6.45, 7) is 0.580. The van der Waals surface area contributed by atoms with E-state index >= 15 is 0 Å². The van der Waals surface area contributed by atoms with Crippen LogP contribution < -0.4 is 5.73 Å². The van der Waals surface area contributed by atoms with Crippen molar-refractivity contribution < 1.29 is 18.3 Å². The average molecular weight is 268 g/mol. The van der Waals surface area contributed by atoms with Gasteiger partial charge in [-0.15, -0.1) is 0 Å². The fourth-order valence-corrected chi connectivity index (χ4v) is 2.61. The standard InChI is InChI=1S/C12H23F3N2O/c1-17(8-6-12(13,14)15)7-4-10-3-2-5-11(10,16)9-18/h10,18H,2-9,16H2,1H3. The Balaban J connectivity index is 2.28. The highest BCUT2D eigenvalue weighted by atomic mass is 19.4. The van der Waals surface area contributed by atoms with E-state index in [9.17, 15) is 18.3 Å². The number of halogens is 3. The van der Waals surface area contributed by atoms with Crippen LogP contribution in [0.3, 0.4) is 0 Å². The van der Waals surface area contributed by atoms with Crippen molar-refractivity contribution in [2.45, 2.75) is 43.8 Å². The molecular weight excluding hydrogens is 245 g/mol. The van der Waals surface area contributed by atoms with E-state index in [1.807, 2.05) is 0 Å². The topological polar surface area (TPSA) is 49.5 Å². The second kappa shape index (κ2) is 6.21. The highest BCUT2D eigenvalue weighted by Gasteiger charge is 2.38. The molecule has 0 aromatic carbocycles. The zero-order chi connectivity index (χ0) is 13.8. The Hall–Kier alpha value is -0.330. The van der Waals surface area contributed by atoms with Crippen LogP contribution in [-0.4, -0.2) is 48.5 Å². The van der Waals surface area contributed by atoms with Gasteiger partial charge in [0.2, 0.25) is 0 Å².